The number of halogens is 1. The third-order valence-corrected chi connectivity index (χ3v) is 3.94. The fourth-order valence-corrected chi connectivity index (χ4v) is 2.85. The molecule has 1 aromatic rings. The first kappa shape index (κ1) is 11.4. The van der Waals surface area contributed by atoms with Crippen LogP contribution >= 0.6 is 22.9 Å². The fourth-order valence-electron chi connectivity index (χ4n) is 1.84. The van der Waals surface area contributed by atoms with Crippen molar-refractivity contribution in [2.24, 2.45) is 0 Å². The maximum atomic E-state index is 9.34. The van der Waals surface area contributed by atoms with Crippen molar-refractivity contribution >= 4 is 22.9 Å². The molecule has 0 saturated heterocycles. The summed E-state index contributed by atoms with van der Waals surface area (Å²) in [5.74, 6) is 0. The van der Waals surface area contributed by atoms with Gasteiger partial charge in [-0.2, -0.15) is 0 Å². The third kappa shape index (κ3) is 3.45. The Balaban J connectivity index is 1.74. The SMILES string of the molecule is OC1CCC(OCc2ccc(Cl)s2)CC1. The van der Waals surface area contributed by atoms with E-state index in [1.54, 1.807) is 11.3 Å². The average molecular weight is 247 g/mol. The van der Waals surface area contributed by atoms with Crippen molar-refractivity contribution in [3.8, 4) is 0 Å². The Labute approximate surface area is 98.8 Å². The number of hydrogen-bond donors (Lipinski definition) is 1. The van der Waals surface area contributed by atoms with E-state index in [2.05, 4.69) is 0 Å². The summed E-state index contributed by atoms with van der Waals surface area (Å²) >= 11 is 7.40. The standard InChI is InChI=1S/C11H15ClO2S/c12-11-6-5-10(15-11)7-14-9-3-1-8(13)2-4-9/h5-6,8-9,13H,1-4,7H2. The molecule has 0 aliphatic heterocycles. The van der Waals surface area contributed by atoms with E-state index in [1.807, 2.05) is 12.1 Å². The topological polar surface area (TPSA) is 29.5 Å². The zero-order chi connectivity index (χ0) is 10.7. The van der Waals surface area contributed by atoms with Crippen LogP contribution < -0.4 is 0 Å². The number of ether oxygens (including phenoxy) is 1. The van der Waals surface area contributed by atoms with Gasteiger partial charge in [0.2, 0.25) is 0 Å². The molecular weight excluding hydrogens is 232 g/mol. The predicted molar refractivity (Wildman–Crippen MR) is 62.4 cm³/mol. The first-order valence-electron chi connectivity index (χ1n) is 5.28. The van der Waals surface area contributed by atoms with Gasteiger partial charge in [0.15, 0.2) is 0 Å². The molecule has 0 unspecified atom stereocenters. The summed E-state index contributed by atoms with van der Waals surface area (Å²) in [7, 11) is 0. The van der Waals surface area contributed by atoms with Crippen molar-refractivity contribution in [2.75, 3.05) is 0 Å². The number of rotatable bonds is 3. The minimum atomic E-state index is -0.110. The van der Waals surface area contributed by atoms with Crippen LogP contribution in [-0.2, 0) is 11.3 Å². The monoisotopic (exact) mass is 246 g/mol. The summed E-state index contributed by atoms with van der Waals surface area (Å²) in [5.41, 5.74) is 0. The molecule has 0 spiro atoms. The first-order chi connectivity index (χ1) is 7.24. The fraction of sp³-hybridized carbons (Fsp3) is 0.636. The molecule has 1 aliphatic rings. The molecule has 4 heteroatoms. The molecule has 1 fully saturated rings. The number of aliphatic hydroxyl groups is 1. The predicted octanol–water partition coefficient (Wildman–Crippen LogP) is 3.22. The van der Waals surface area contributed by atoms with Crippen LogP contribution in [0.1, 0.15) is 30.6 Å². The van der Waals surface area contributed by atoms with E-state index in [0.717, 1.165) is 30.0 Å². The zero-order valence-corrected chi connectivity index (χ0v) is 10.1. The Morgan fingerprint density at radius 1 is 1.33 bits per heavy atom. The highest BCUT2D eigenvalue weighted by atomic mass is 35.5. The second-order valence-electron chi connectivity index (χ2n) is 3.95. The first-order valence-corrected chi connectivity index (χ1v) is 6.47. The van der Waals surface area contributed by atoms with Gasteiger partial charge in [0, 0.05) is 4.88 Å². The van der Waals surface area contributed by atoms with Crippen molar-refractivity contribution in [2.45, 2.75) is 44.5 Å². The van der Waals surface area contributed by atoms with Crippen molar-refractivity contribution in [1.82, 2.24) is 0 Å². The van der Waals surface area contributed by atoms with Crippen LogP contribution in [0.4, 0.5) is 0 Å². The number of thiophene rings is 1. The van der Waals surface area contributed by atoms with Crippen molar-refractivity contribution in [1.29, 1.82) is 0 Å². The van der Waals surface area contributed by atoms with Crippen LogP contribution in [-0.4, -0.2) is 17.3 Å². The van der Waals surface area contributed by atoms with Crippen LogP contribution in [0.3, 0.4) is 0 Å². The van der Waals surface area contributed by atoms with Crippen LogP contribution in [0.2, 0.25) is 4.34 Å². The van der Waals surface area contributed by atoms with Gasteiger partial charge in [-0.05, 0) is 37.8 Å². The number of hydrogen-bond acceptors (Lipinski definition) is 3. The Morgan fingerprint density at radius 3 is 2.67 bits per heavy atom. The molecule has 1 heterocycles. The largest absolute Gasteiger partial charge is 0.393 e. The molecule has 0 bridgehead atoms. The summed E-state index contributed by atoms with van der Waals surface area (Å²) in [6.07, 6.45) is 3.89. The molecule has 1 N–H and O–H groups in total. The molecule has 84 valence electrons. The van der Waals surface area contributed by atoms with Gasteiger partial charge in [-0.1, -0.05) is 11.6 Å². The van der Waals surface area contributed by atoms with Crippen molar-refractivity contribution < 1.29 is 9.84 Å². The van der Waals surface area contributed by atoms with E-state index in [9.17, 15) is 5.11 Å². The molecule has 0 amide bonds. The van der Waals surface area contributed by atoms with Gasteiger partial charge >= 0.3 is 0 Å². The normalized spacial score (nSPS) is 26.8. The molecule has 1 aliphatic carbocycles. The molecule has 1 saturated carbocycles. The molecule has 15 heavy (non-hydrogen) atoms. The average Bonchev–Trinajstić information content (AvgIpc) is 2.64. The molecule has 2 nitrogen and oxygen atoms in total. The van der Waals surface area contributed by atoms with Gasteiger partial charge < -0.3 is 9.84 Å². The maximum Gasteiger partial charge on any atom is 0.0932 e. The van der Waals surface area contributed by atoms with Gasteiger partial charge in [-0.25, -0.2) is 0 Å². The van der Waals surface area contributed by atoms with Crippen LogP contribution in [0.25, 0.3) is 0 Å². The number of aliphatic hydroxyl groups excluding tert-OH is 1. The highest BCUT2D eigenvalue weighted by Crippen LogP contribution is 2.25. The van der Waals surface area contributed by atoms with E-state index < -0.39 is 0 Å². The van der Waals surface area contributed by atoms with Gasteiger partial charge in [0.25, 0.3) is 0 Å². The Kier molecular flexibility index (Phi) is 4.03. The van der Waals surface area contributed by atoms with Gasteiger partial charge in [0.05, 0.1) is 23.2 Å². The van der Waals surface area contributed by atoms with E-state index in [4.69, 9.17) is 16.3 Å². The van der Waals surface area contributed by atoms with Crippen molar-refractivity contribution in [3.05, 3.63) is 21.3 Å². The van der Waals surface area contributed by atoms with E-state index in [-0.39, 0.29) is 6.10 Å². The second kappa shape index (κ2) is 5.30. The van der Waals surface area contributed by atoms with Gasteiger partial charge in [-0.3, -0.25) is 0 Å². The van der Waals surface area contributed by atoms with E-state index in [1.165, 1.54) is 4.88 Å². The molecule has 1 aromatic heterocycles. The van der Waals surface area contributed by atoms with Gasteiger partial charge in [-0.15, -0.1) is 11.3 Å². The highest BCUT2D eigenvalue weighted by Gasteiger charge is 2.19. The minimum absolute atomic E-state index is 0.110. The molecule has 0 atom stereocenters. The summed E-state index contributed by atoms with van der Waals surface area (Å²) in [5, 5.41) is 9.34. The zero-order valence-electron chi connectivity index (χ0n) is 8.49. The lowest BCUT2D eigenvalue weighted by Gasteiger charge is -2.25. The van der Waals surface area contributed by atoms with Crippen LogP contribution in [0.15, 0.2) is 12.1 Å². The lowest BCUT2D eigenvalue weighted by molar-refractivity contribution is -0.0109. The summed E-state index contributed by atoms with van der Waals surface area (Å²) in [4.78, 5) is 1.17. The summed E-state index contributed by atoms with van der Waals surface area (Å²) in [6, 6.07) is 3.90. The summed E-state index contributed by atoms with van der Waals surface area (Å²) in [6.45, 7) is 0.651. The van der Waals surface area contributed by atoms with Gasteiger partial charge in [0.1, 0.15) is 0 Å². The Hall–Kier alpha value is -0.0900. The summed E-state index contributed by atoms with van der Waals surface area (Å²) < 4.78 is 6.58. The smallest absolute Gasteiger partial charge is 0.0932 e. The second-order valence-corrected chi connectivity index (χ2v) is 5.75. The lowest BCUT2D eigenvalue weighted by Crippen LogP contribution is -2.24. The Morgan fingerprint density at radius 2 is 2.07 bits per heavy atom. The lowest BCUT2D eigenvalue weighted by atomic mass is 9.95. The van der Waals surface area contributed by atoms with E-state index >= 15 is 0 Å². The minimum Gasteiger partial charge on any atom is -0.393 e. The highest BCUT2D eigenvalue weighted by molar-refractivity contribution is 7.16. The Bertz CT molecular complexity index is 305. The molecular formula is C11H15ClO2S. The maximum absolute atomic E-state index is 9.34. The van der Waals surface area contributed by atoms with Crippen LogP contribution in [0.5, 0.6) is 0 Å². The molecule has 2 rings (SSSR count). The quantitative estimate of drug-likeness (QED) is 0.888. The molecule has 0 radical (unpaired) electrons. The molecule has 0 aromatic carbocycles. The third-order valence-electron chi connectivity index (χ3n) is 2.73. The van der Waals surface area contributed by atoms with E-state index in [0.29, 0.717) is 12.7 Å². The van der Waals surface area contributed by atoms with Crippen molar-refractivity contribution in [3.63, 3.8) is 0 Å². The van der Waals surface area contributed by atoms with Crippen LogP contribution in [0, 0.1) is 0 Å².